The lowest BCUT2D eigenvalue weighted by Crippen LogP contribution is -2.36. The van der Waals surface area contributed by atoms with Crippen LogP contribution in [0.2, 0.25) is 0 Å². The van der Waals surface area contributed by atoms with Crippen molar-refractivity contribution in [3.63, 3.8) is 0 Å². The minimum atomic E-state index is -0.349. The normalized spacial score (nSPS) is 14.0. The molecule has 2 aromatic rings. The fraction of sp³-hybridized carbons (Fsp3) is 0.438. The molecule has 1 aliphatic carbocycles. The van der Waals surface area contributed by atoms with Crippen LogP contribution < -0.4 is 9.79 Å². The van der Waals surface area contributed by atoms with Gasteiger partial charge in [-0.15, -0.1) is 0 Å². The number of aromatic nitrogens is 3. The third-order valence-corrected chi connectivity index (χ3v) is 4.68. The van der Waals surface area contributed by atoms with Gasteiger partial charge in [0.2, 0.25) is 5.27 Å². The van der Waals surface area contributed by atoms with Gasteiger partial charge in [-0.25, -0.2) is 9.98 Å². The third-order valence-electron chi connectivity index (χ3n) is 3.70. The Kier molecular flexibility index (Phi) is 4.81. The van der Waals surface area contributed by atoms with Crippen LogP contribution in [0.4, 0.5) is 5.88 Å². The lowest BCUT2D eigenvalue weighted by Gasteiger charge is -2.10. The molecule has 0 bridgehead atoms. The van der Waals surface area contributed by atoms with Crippen molar-refractivity contribution in [1.29, 1.82) is 5.26 Å². The quantitative estimate of drug-likeness (QED) is 0.353. The average molecular weight is 343 g/mol. The topological polar surface area (TPSA) is 102 Å². The van der Waals surface area contributed by atoms with E-state index in [1.807, 2.05) is 19.9 Å². The molecule has 0 saturated heterocycles. The summed E-state index contributed by atoms with van der Waals surface area (Å²) in [7, 11) is 0. The predicted octanol–water partition coefficient (Wildman–Crippen LogP) is 1.48. The molecule has 0 aliphatic heterocycles. The van der Waals surface area contributed by atoms with Crippen molar-refractivity contribution >= 4 is 23.5 Å². The van der Waals surface area contributed by atoms with Crippen LogP contribution >= 0.6 is 11.8 Å². The molecule has 0 unspecified atom stereocenters. The van der Waals surface area contributed by atoms with Gasteiger partial charge in [0.15, 0.2) is 6.04 Å². The second-order valence-corrected chi connectivity index (χ2v) is 6.78. The lowest BCUT2D eigenvalue weighted by atomic mass is 10.2. The molecule has 0 N–H and O–H groups in total. The van der Waals surface area contributed by atoms with Crippen molar-refractivity contribution < 1.29 is 14.3 Å². The number of thioether (sulfide) groups is 1. The smallest absolute Gasteiger partial charge is 0.320 e. The predicted molar refractivity (Wildman–Crippen MR) is 85.9 cm³/mol. The summed E-state index contributed by atoms with van der Waals surface area (Å²) in [5, 5.41) is 25.7. The Morgan fingerprint density at radius 2 is 2.38 bits per heavy atom. The van der Waals surface area contributed by atoms with Crippen molar-refractivity contribution in [2.45, 2.75) is 44.2 Å². The van der Waals surface area contributed by atoms with E-state index < -0.39 is 0 Å². The van der Waals surface area contributed by atoms with Gasteiger partial charge >= 0.3 is 5.88 Å². The first-order valence-corrected chi connectivity index (χ1v) is 8.74. The Hall–Kier alpha value is -2.40. The zero-order valence-electron chi connectivity index (χ0n) is 13.5. The second kappa shape index (κ2) is 7.01. The molecule has 2 heterocycles. The van der Waals surface area contributed by atoms with E-state index in [1.165, 1.54) is 11.8 Å². The van der Waals surface area contributed by atoms with Crippen LogP contribution in [0.5, 0.6) is 0 Å². The molecule has 0 amide bonds. The van der Waals surface area contributed by atoms with E-state index in [0.717, 1.165) is 30.5 Å². The Balaban J connectivity index is 1.71. The fourth-order valence-corrected chi connectivity index (χ4v) is 3.23. The first-order valence-electron chi connectivity index (χ1n) is 7.75. The second-order valence-electron chi connectivity index (χ2n) is 5.82. The van der Waals surface area contributed by atoms with Crippen LogP contribution in [0, 0.1) is 11.3 Å². The number of hydrogen-bond acceptors (Lipinski definition) is 7. The van der Waals surface area contributed by atoms with E-state index in [-0.39, 0.29) is 23.6 Å². The highest BCUT2D eigenvalue weighted by Crippen LogP contribution is 2.27. The van der Waals surface area contributed by atoms with Crippen molar-refractivity contribution in [2.24, 2.45) is 4.99 Å². The molecule has 2 aromatic heterocycles. The lowest BCUT2D eigenvalue weighted by molar-refractivity contribution is -0.779. The standard InChI is InChI=1S/C16H17N5O2S/c1-10(2)21-8-15(23-20-21)19-14(22)9-24-16-12(7-17)6-11-4-3-5-13(11)18-16/h6,8,10H,3-5,9H2,1-2H3. The minimum Gasteiger partial charge on any atom is -0.861 e. The van der Waals surface area contributed by atoms with Crippen molar-refractivity contribution in [3.8, 4) is 6.07 Å². The summed E-state index contributed by atoms with van der Waals surface area (Å²) in [6.07, 6.45) is 4.55. The van der Waals surface area contributed by atoms with E-state index in [1.54, 1.807) is 10.9 Å². The Labute approximate surface area is 144 Å². The number of aliphatic imine (C=N–C) groups is 1. The number of aryl methyl sites for hydroxylation is 2. The summed E-state index contributed by atoms with van der Waals surface area (Å²) < 4.78 is 6.59. The van der Waals surface area contributed by atoms with E-state index in [4.69, 9.17) is 4.52 Å². The molecule has 0 radical (unpaired) electrons. The molecule has 3 rings (SSSR count). The van der Waals surface area contributed by atoms with Crippen LogP contribution in [0.25, 0.3) is 0 Å². The van der Waals surface area contributed by atoms with Gasteiger partial charge in [-0.1, -0.05) is 11.8 Å². The summed E-state index contributed by atoms with van der Waals surface area (Å²) in [6, 6.07) is 4.18. The number of fused-ring (bicyclic) bond motifs is 1. The maximum Gasteiger partial charge on any atom is 0.320 e. The Bertz CT molecular complexity index is 822. The molecule has 0 spiro atoms. The third kappa shape index (κ3) is 3.57. The van der Waals surface area contributed by atoms with Crippen molar-refractivity contribution in [1.82, 2.24) is 10.3 Å². The maximum atomic E-state index is 12.0. The Morgan fingerprint density at radius 3 is 3.08 bits per heavy atom. The first-order chi connectivity index (χ1) is 11.6. The van der Waals surface area contributed by atoms with E-state index in [0.29, 0.717) is 10.6 Å². The maximum absolute atomic E-state index is 12.0. The van der Waals surface area contributed by atoms with Gasteiger partial charge < -0.3 is 5.11 Å². The largest absolute Gasteiger partial charge is 0.861 e. The number of pyridine rings is 1. The van der Waals surface area contributed by atoms with Crippen molar-refractivity contribution in [2.75, 3.05) is 5.75 Å². The van der Waals surface area contributed by atoms with Gasteiger partial charge in [0.25, 0.3) is 6.20 Å². The average Bonchev–Trinajstić information content (AvgIpc) is 3.20. The molecule has 0 atom stereocenters. The number of rotatable bonds is 5. The van der Waals surface area contributed by atoms with Crippen molar-refractivity contribution in [3.05, 3.63) is 29.1 Å². The van der Waals surface area contributed by atoms with Gasteiger partial charge in [0, 0.05) is 11.4 Å². The molecule has 7 nitrogen and oxygen atoms in total. The molecule has 24 heavy (non-hydrogen) atoms. The van der Waals surface area contributed by atoms with Crippen LogP contribution in [-0.2, 0) is 12.8 Å². The number of nitrogens with zero attached hydrogens (tertiary/aromatic N) is 5. The highest BCUT2D eigenvalue weighted by molar-refractivity contribution is 7.99. The summed E-state index contributed by atoms with van der Waals surface area (Å²) in [5.41, 5.74) is 2.70. The van der Waals surface area contributed by atoms with Crippen LogP contribution in [0.15, 0.2) is 26.8 Å². The molecule has 0 saturated carbocycles. The van der Waals surface area contributed by atoms with Gasteiger partial charge in [0.05, 0.1) is 5.56 Å². The van der Waals surface area contributed by atoms with Crippen LogP contribution in [0.1, 0.15) is 43.1 Å². The molecular formula is C16H17N5O2S. The molecule has 124 valence electrons. The molecule has 0 aromatic carbocycles. The van der Waals surface area contributed by atoms with E-state index in [9.17, 15) is 10.4 Å². The highest BCUT2D eigenvalue weighted by atomic mass is 32.2. The zero-order chi connectivity index (χ0) is 17.1. The van der Waals surface area contributed by atoms with E-state index in [2.05, 4.69) is 21.3 Å². The van der Waals surface area contributed by atoms with Crippen LogP contribution in [0.3, 0.4) is 0 Å². The first kappa shape index (κ1) is 16.5. The number of nitriles is 1. The highest BCUT2D eigenvalue weighted by Gasteiger charge is 2.17. The van der Waals surface area contributed by atoms with Gasteiger partial charge in [0.1, 0.15) is 11.1 Å². The van der Waals surface area contributed by atoms with Gasteiger partial charge in [-0.05, 0) is 55.3 Å². The zero-order valence-corrected chi connectivity index (χ0v) is 14.3. The van der Waals surface area contributed by atoms with Crippen LogP contribution in [-0.4, -0.2) is 21.9 Å². The SMILES string of the molecule is CC(C)[n+]1cc(/N=C(\[O-])CSc2nc3c(cc2C#N)CCC3)on1. The molecular weight excluding hydrogens is 326 g/mol. The van der Waals surface area contributed by atoms with E-state index >= 15 is 0 Å². The monoisotopic (exact) mass is 343 g/mol. The molecule has 1 aliphatic rings. The summed E-state index contributed by atoms with van der Waals surface area (Å²) in [5.74, 6) is -0.0713. The fourth-order valence-electron chi connectivity index (χ4n) is 2.47. The molecule has 8 heteroatoms. The number of hydrogen-bond donors (Lipinski definition) is 0. The molecule has 0 fully saturated rings. The van der Waals surface area contributed by atoms with Gasteiger partial charge in [-0.3, -0.25) is 4.52 Å². The van der Waals surface area contributed by atoms with Gasteiger partial charge in [-0.2, -0.15) is 5.26 Å². The summed E-state index contributed by atoms with van der Waals surface area (Å²) in [6.45, 7) is 3.90. The minimum absolute atomic E-state index is 0.100. The Morgan fingerprint density at radius 1 is 1.54 bits per heavy atom. The summed E-state index contributed by atoms with van der Waals surface area (Å²) >= 11 is 1.23. The summed E-state index contributed by atoms with van der Waals surface area (Å²) in [4.78, 5) is 8.42.